The molecule has 1 aliphatic heterocycles. The minimum atomic E-state index is -1.41. The molecule has 1 fully saturated rings. The Kier molecular flexibility index (Phi) is 10.6. The molecule has 0 saturated carbocycles. The van der Waals surface area contributed by atoms with Gasteiger partial charge in [-0.1, -0.05) is 74.0 Å². The normalized spacial score (nSPS) is 16.4. The maximum Gasteiger partial charge on any atom is 0.404 e. The number of fused-ring (bicyclic) bond motifs is 1. The van der Waals surface area contributed by atoms with Crippen molar-refractivity contribution in [3.05, 3.63) is 100 Å². The van der Waals surface area contributed by atoms with Crippen LogP contribution in [-0.4, -0.2) is 58.8 Å². The molecule has 2 amide bonds. The Labute approximate surface area is 275 Å². The number of amides is 2. The van der Waals surface area contributed by atoms with Gasteiger partial charge in [-0.25, -0.2) is 9.78 Å². The van der Waals surface area contributed by atoms with Gasteiger partial charge >= 0.3 is 6.09 Å². The van der Waals surface area contributed by atoms with Gasteiger partial charge in [-0.15, -0.1) is 0 Å². The molecule has 2 unspecified atom stereocenters. The molecular weight excluding hydrogens is 600 g/mol. The van der Waals surface area contributed by atoms with Gasteiger partial charge in [0, 0.05) is 48.6 Å². The van der Waals surface area contributed by atoms with Crippen molar-refractivity contribution in [3.8, 4) is 11.3 Å². The summed E-state index contributed by atoms with van der Waals surface area (Å²) in [5.74, 6) is -0.122. The average molecular weight is 643 g/mol. The number of rotatable bonds is 11. The molecule has 0 radical (unpaired) electrons. The molecule has 5 rings (SSSR count). The van der Waals surface area contributed by atoms with E-state index in [9.17, 15) is 19.8 Å². The lowest BCUT2D eigenvalue weighted by atomic mass is 9.72. The molecule has 0 spiro atoms. The fourth-order valence-corrected chi connectivity index (χ4v) is 7.01. The highest BCUT2D eigenvalue weighted by molar-refractivity contribution is 6.33. The lowest BCUT2D eigenvalue weighted by Gasteiger charge is -2.43. The zero-order valence-corrected chi connectivity index (χ0v) is 27.5. The van der Waals surface area contributed by atoms with Crippen LogP contribution in [-0.2, 0) is 12.1 Å². The first-order valence-electron chi connectivity index (χ1n) is 16.0. The Balaban J connectivity index is 1.54. The van der Waals surface area contributed by atoms with Crippen LogP contribution in [0.15, 0.2) is 72.8 Å². The van der Waals surface area contributed by atoms with Crippen LogP contribution in [0.3, 0.4) is 0 Å². The number of halogens is 1. The number of pyridine rings is 1. The first kappa shape index (κ1) is 33.4. The lowest BCUT2D eigenvalue weighted by molar-refractivity contribution is -0.0563. The maximum atomic E-state index is 13.7. The van der Waals surface area contributed by atoms with Crippen molar-refractivity contribution in [1.82, 2.24) is 20.5 Å². The van der Waals surface area contributed by atoms with Crippen molar-refractivity contribution in [2.24, 2.45) is 5.92 Å². The molecule has 9 heteroatoms. The second-order valence-corrected chi connectivity index (χ2v) is 12.9. The van der Waals surface area contributed by atoms with Crippen molar-refractivity contribution in [2.45, 2.75) is 57.6 Å². The topological polar surface area (TPSA) is 115 Å². The van der Waals surface area contributed by atoms with E-state index in [1.54, 1.807) is 6.07 Å². The van der Waals surface area contributed by atoms with Crippen molar-refractivity contribution in [2.75, 3.05) is 26.7 Å². The van der Waals surface area contributed by atoms with Crippen molar-refractivity contribution < 1.29 is 19.8 Å². The summed E-state index contributed by atoms with van der Waals surface area (Å²) in [5.41, 5.74) is 4.27. The summed E-state index contributed by atoms with van der Waals surface area (Å²) < 4.78 is 0. The van der Waals surface area contributed by atoms with Gasteiger partial charge in [0.15, 0.2) is 0 Å². The Morgan fingerprint density at radius 2 is 1.83 bits per heavy atom. The van der Waals surface area contributed by atoms with E-state index in [4.69, 9.17) is 16.6 Å². The Bertz CT molecular complexity index is 1690. The zero-order chi connectivity index (χ0) is 32.8. The summed E-state index contributed by atoms with van der Waals surface area (Å²) in [7, 11) is 1.89. The number of nitrogens with one attached hydrogen (secondary N) is 2. The molecule has 1 saturated heterocycles. The Morgan fingerprint density at radius 3 is 2.54 bits per heavy atom. The Hall–Kier alpha value is -3.98. The predicted molar refractivity (Wildman–Crippen MR) is 183 cm³/mol. The van der Waals surface area contributed by atoms with E-state index in [2.05, 4.69) is 30.5 Å². The van der Waals surface area contributed by atoms with Crippen LogP contribution in [0, 0.1) is 5.92 Å². The number of carbonyl (C=O) groups excluding carboxylic acids is 1. The summed E-state index contributed by atoms with van der Waals surface area (Å²) in [6.07, 6.45) is 0.989. The SMILES string of the molecule is CNCc1ccc(C(=O)N2CCCC(C(O)(CCCNC(=O)O)c3cccc(Cl)c3-c3ccc4cccc(C(C)C)c4n3)C2)cc1. The molecule has 2 atom stereocenters. The molecule has 4 aromatic rings. The monoisotopic (exact) mass is 642 g/mol. The van der Waals surface area contributed by atoms with Gasteiger partial charge in [0.2, 0.25) is 0 Å². The van der Waals surface area contributed by atoms with Gasteiger partial charge in [0.05, 0.1) is 21.8 Å². The molecule has 46 heavy (non-hydrogen) atoms. The number of aliphatic hydroxyl groups is 1. The first-order chi connectivity index (χ1) is 22.1. The molecule has 3 aromatic carbocycles. The number of benzene rings is 3. The molecule has 0 aliphatic carbocycles. The minimum Gasteiger partial charge on any atom is -0.465 e. The predicted octanol–water partition coefficient (Wildman–Crippen LogP) is 7.19. The fraction of sp³-hybridized carbons (Fsp3) is 0.378. The number of carboxylic acid groups (broad SMARTS) is 1. The number of hydrogen-bond acceptors (Lipinski definition) is 5. The largest absolute Gasteiger partial charge is 0.465 e. The molecular formula is C37H43ClN4O4. The van der Waals surface area contributed by atoms with Gasteiger partial charge in [-0.2, -0.15) is 0 Å². The van der Waals surface area contributed by atoms with Crippen LogP contribution in [0.5, 0.6) is 0 Å². The average Bonchev–Trinajstić information content (AvgIpc) is 3.06. The quantitative estimate of drug-likeness (QED) is 0.129. The smallest absolute Gasteiger partial charge is 0.404 e. The summed E-state index contributed by atoms with van der Waals surface area (Å²) in [5, 5.41) is 29.1. The zero-order valence-electron chi connectivity index (χ0n) is 26.7. The van der Waals surface area contributed by atoms with Crippen LogP contribution in [0.4, 0.5) is 4.79 Å². The molecule has 1 aliphatic rings. The molecule has 0 bridgehead atoms. The number of para-hydroxylation sites is 1. The summed E-state index contributed by atoms with van der Waals surface area (Å²) in [6.45, 7) is 6.14. The molecule has 2 heterocycles. The van der Waals surface area contributed by atoms with Crippen LogP contribution in [0.25, 0.3) is 22.2 Å². The molecule has 242 valence electrons. The maximum absolute atomic E-state index is 13.7. The third-order valence-electron chi connectivity index (χ3n) is 9.09. The van der Waals surface area contributed by atoms with Crippen molar-refractivity contribution >= 4 is 34.5 Å². The number of carbonyl (C=O) groups is 2. The van der Waals surface area contributed by atoms with Crippen LogP contribution < -0.4 is 10.6 Å². The van der Waals surface area contributed by atoms with E-state index in [-0.39, 0.29) is 30.7 Å². The summed E-state index contributed by atoms with van der Waals surface area (Å²) >= 11 is 6.95. The van der Waals surface area contributed by atoms with Crippen LogP contribution in [0.1, 0.15) is 72.5 Å². The summed E-state index contributed by atoms with van der Waals surface area (Å²) in [4.78, 5) is 31.9. The van der Waals surface area contributed by atoms with Crippen molar-refractivity contribution in [1.29, 1.82) is 0 Å². The standard InChI is InChI=1S/C37H43ClN4O4/c1-24(2)29-10-4-8-26-17-18-32(41-34(26)29)33-30(11-5-12-31(33)38)37(46,19-7-20-40-36(44)45)28-9-6-21-42(23-28)35(43)27-15-13-25(14-16-27)22-39-3/h4-5,8,10-18,24,28,39-40,46H,6-7,9,19-23H2,1-3H3,(H,44,45). The van der Waals surface area contributed by atoms with Gasteiger partial charge in [0.1, 0.15) is 0 Å². The Morgan fingerprint density at radius 1 is 1.07 bits per heavy atom. The minimum absolute atomic E-state index is 0.0701. The van der Waals surface area contributed by atoms with E-state index in [0.29, 0.717) is 53.3 Å². The highest BCUT2D eigenvalue weighted by atomic mass is 35.5. The van der Waals surface area contributed by atoms with Gasteiger partial charge in [-0.05, 0) is 79.6 Å². The highest BCUT2D eigenvalue weighted by Crippen LogP contribution is 2.45. The third kappa shape index (κ3) is 7.20. The number of likely N-dealkylation sites (tertiary alicyclic amines) is 1. The van der Waals surface area contributed by atoms with Crippen molar-refractivity contribution in [3.63, 3.8) is 0 Å². The van der Waals surface area contributed by atoms with E-state index < -0.39 is 11.7 Å². The van der Waals surface area contributed by atoms with Gasteiger partial charge < -0.3 is 25.7 Å². The second kappa shape index (κ2) is 14.6. The molecule has 8 nitrogen and oxygen atoms in total. The summed E-state index contributed by atoms with van der Waals surface area (Å²) in [6, 6.07) is 23.3. The fourth-order valence-electron chi connectivity index (χ4n) is 6.74. The van der Waals surface area contributed by atoms with Crippen LogP contribution in [0.2, 0.25) is 5.02 Å². The van der Waals surface area contributed by atoms with E-state index in [0.717, 1.165) is 35.0 Å². The highest BCUT2D eigenvalue weighted by Gasteiger charge is 2.43. The van der Waals surface area contributed by atoms with E-state index in [1.807, 2.05) is 72.6 Å². The number of piperidine rings is 1. The molecule has 4 N–H and O–H groups in total. The van der Waals surface area contributed by atoms with E-state index in [1.165, 1.54) is 0 Å². The van der Waals surface area contributed by atoms with Gasteiger partial charge in [-0.3, -0.25) is 4.79 Å². The second-order valence-electron chi connectivity index (χ2n) is 12.5. The number of nitrogens with zero attached hydrogens (tertiary/aromatic N) is 2. The van der Waals surface area contributed by atoms with Crippen LogP contribution >= 0.6 is 11.6 Å². The van der Waals surface area contributed by atoms with E-state index >= 15 is 0 Å². The first-order valence-corrected chi connectivity index (χ1v) is 16.4. The lowest BCUT2D eigenvalue weighted by Crippen LogP contribution is -2.48. The molecule has 1 aromatic heterocycles. The number of hydrogen-bond donors (Lipinski definition) is 4. The third-order valence-corrected chi connectivity index (χ3v) is 9.40. The van der Waals surface area contributed by atoms with Gasteiger partial charge in [0.25, 0.3) is 5.91 Å². The number of aromatic nitrogens is 1.